The summed E-state index contributed by atoms with van der Waals surface area (Å²) in [4.78, 5) is 4.44. The van der Waals surface area contributed by atoms with Crippen molar-refractivity contribution in [1.82, 2.24) is 15.1 Å². The van der Waals surface area contributed by atoms with Gasteiger partial charge in [-0.15, -0.1) is 0 Å². The van der Waals surface area contributed by atoms with Crippen LogP contribution in [-0.4, -0.2) is 36.0 Å². The third-order valence-corrected chi connectivity index (χ3v) is 4.24. The molecule has 0 aliphatic heterocycles. The van der Waals surface area contributed by atoms with Gasteiger partial charge in [0.15, 0.2) is 5.96 Å². The fourth-order valence-corrected chi connectivity index (χ4v) is 2.52. The summed E-state index contributed by atoms with van der Waals surface area (Å²) in [6, 6.07) is 0. The smallest absolute Gasteiger partial charge is 0.188 e. The summed E-state index contributed by atoms with van der Waals surface area (Å²) in [5.41, 5.74) is 9.23. The lowest BCUT2D eigenvalue weighted by Crippen LogP contribution is -2.37. The van der Waals surface area contributed by atoms with Crippen molar-refractivity contribution in [2.75, 3.05) is 20.3 Å². The van der Waals surface area contributed by atoms with E-state index in [4.69, 9.17) is 10.5 Å². The van der Waals surface area contributed by atoms with Gasteiger partial charge in [-0.05, 0) is 32.6 Å². The molecule has 1 aliphatic carbocycles. The summed E-state index contributed by atoms with van der Waals surface area (Å²) in [7, 11) is 1.70. The van der Waals surface area contributed by atoms with Crippen LogP contribution in [0.5, 0.6) is 0 Å². The number of guanidine groups is 1. The van der Waals surface area contributed by atoms with Crippen LogP contribution in [0.15, 0.2) is 4.99 Å². The van der Waals surface area contributed by atoms with E-state index in [1.165, 1.54) is 19.3 Å². The first-order chi connectivity index (χ1) is 10.1. The zero-order chi connectivity index (χ0) is 15.2. The number of aryl methyl sites for hydroxylation is 1. The second kappa shape index (κ2) is 7.45. The van der Waals surface area contributed by atoms with Crippen LogP contribution < -0.4 is 11.1 Å². The molecule has 6 heteroatoms. The zero-order valence-corrected chi connectivity index (χ0v) is 13.4. The van der Waals surface area contributed by atoms with E-state index in [0.717, 1.165) is 36.0 Å². The Hall–Kier alpha value is -1.56. The van der Waals surface area contributed by atoms with Crippen molar-refractivity contribution in [2.24, 2.45) is 16.6 Å². The van der Waals surface area contributed by atoms with E-state index >= 15 is 0 Å². The first-order valence-corrected chi connectivity index (χ1v) is 7.67. The van der Waals surface area contributed by atoms with Gasteiger partial charge in [-0.2, -0.15) is 5.10 Å². The lowest BCUT2D eigenvalue weighted by atomic mass is 9.85. The fraction of sp³-hybridized carbons (Fsp3) is 0.733. The Bertz CT molecular complexity index is 490. The highest BCUT2D eigenvalue weighted by molar-refractivity contribution is 5.77. The van der Waals surface area contributed by atoms with Gasteiger partial charge in [0.05, 0.1) is 25.4 Å². The van der Waals surface area contributed by atoms with E-state index in [9.17, 15) is 0 Å². The topological polar surface area (TPSA) is 77.5 Å². The van der Waals surface area contributed by atoms with Gasteiger partial charge in [0.1, 0.15) is 0 Å². The minimum absolute atomic E-state index is 0.533. The van der Waals surface area contributed by atoms with Crippen molar-refractivity contribution in [3.63, 3.8) is 0 Å². The SMILES string of the molecule is COCCn1nc(C)c(CN=C(N)NCC2CCC2)c1C. The standard InChI is InChI=1S/C15H27N5O/c1-11-14(12(2)20(19-11)7-8-21-3)10-18-15(16)17-9-13-5-4-6-13/h13H,4-10H2,1-3H3,(H3,16,17,18). The van der Waals surface area contributed by atoms with Gasteiger partial charge < -0.3 is 15.8 Å². The largest absolute Gasteiger partial charge is 0.383 e. The molecule has 6 nitrogen and oxygen atoms in total. The summed E-state index contributed by atoms with van der Waals surface area (Å²) < 4.78 is 7.07. The van der Waals surface area contributed by atoms with Crippen molar-refractivity contribution in [1.29, 1.82) is 0 Å². The van der Waals surface area contributed by atoms with E-state index in [-0.39, 0.29) is 0 Å². The molecule has 0 saturated heterocycles. The molecule has 2 rings (SSSR count). The molecule has 0 amide bonds. The highest BCUT2D eigenvalue weighted by Gasteiger charge is 2.17. The number of rotatable bonds is 7. The number of hydrogen-bond acceptors (Lipinski definition) is 3. The molecular weight excluding hydrogens is 266 g/mol. The first kappa shape index (κ1) is 15.8. The molecule has 0 spiro atoms. The maximum atomic E-state index is 5.93. The van der Waals surface area contributed by atoms with E-state index < -0.39 is 0 Å². The van der Waals surface area contributed by atoms with Crippen LogP contribution in [0.4, 0.5) is 0 Å². The number of aliphatic imine (C=N–C) groups is 1. The Balaban J connectivity index is 1.90. The van der Waals surface area contributed by atoms with Crippen LogP contribution >= 0.6 is 0 Å². The number of aromatic nitrogens is 2. The Labute approximate surface area is 126 Å². The molecule has 0 bridgehead atoms. The average Bonchev–Trinajstić information content (AvgIpc) is 2.67. The molecule has 118 valence electrons. The van der Waals surface area contributed by atoms with Crippen molar-refractivity contribution in [3.8, 4) is 0 Å². The fourth-order valence-electron chi connectivity index (χ4n) is 2.52. The minimum Gasteiger partial charge on any atom is -0.383 e. The zero-order valence-electron chi connectivity index (χ0n) is 13.4. The van der Waals surface area contributed by atoms with Gasteiger partial charge in [0.2, 0.25) is 0 Å². The van der Waals surface area contributed by atoms with Crippen LogP contribution in [0.25, 0.3) is 0 Å². The Morgan fingerprint density at radius 2 is 2.24 bits per heavy atom. The molecule has 1 heterocycles. The summed E-state index contributed by atoms with van der Waals surface area (Å²) >= 11 is 0. The molecule has 0 unspecified atom stereocenters. The average molecular weight is 293 g/mol. The van der Waals surface area contributed by atoms with Crippen molar-refractivity contribution >= 4 is 5.96 Å². The molecule has 0 aromatic carbocycles. The molecule has 3 N–H and O–H groups in total. The van der Waals surface area contributed by atoms with Gasteiger partial charge in [0, 0.05) is 24.9 Å². The predicted octanol–water partition coefficient (Wildman–Crippen LogP) is 1.35. The van der Waals surface area contributed by atoms with Gasteiger partial charge in [0.25, 0.3) is 0 Å². The number of methoxy groups -OCH3 is 1. The second-order valence-corrected chi connectivity index (χ2v) is 5.74. The van der Waals surface area contributed by atoms with Crippen molar-refractivity contribution < 1.29 is 4.74 Å². The molecule has 1 saturated carbocycles. The molecule has 21 heavy (non-hydrogen) atoms. The Morgan fingerprint density at radius 3 is 2.86 bits per heavy atom. The maximum Gasteiger partial charge on any atom is 0.188 e. The molecule has 1 aromatic heterocycles. The summed E-state index contributed by atoms with van der Waals surface area (Å²) in [5.74, 6) is 1.31. The molecule has 1 fully saturated rings. The predicted molar refractivity (Wildman–Crippen MR) is 84.2 cm³/mol. The summed E-state index contributed by atoms with van der Waals surface area (Å²) in [6.07, 6.45) is 3.97. The van der Waals surface area contributed by atoms with E-state index in [0.29, 0.717) is 19.1 Å². The molecule has 0 atom stereocenters. The van der Waals surface area contributed by atoms with Crippen LogP contribution in [0.2, 0.25) is 0 Å². The van der Waals surface area contributed by atoms with Crippen LogP contribution in [-0.2, 0) is 17.8 Å². The molecule has 1 aromatic rings. The summed E-state index contributed by atoms with van der Waals surface area (Å²) in [5, 5.41) is 7.74. The molecule has 1 aliphatic rings. The van der Waals surface area contributed by atoms with Crippen molar-refractivity contribution in [2.45, 2.75) is 46.2 Å². The highest BCUT2D eigenvalue weighted by atomic mass is 16.5. The number of nitrogens with two attached hydrogens (primary N) is 1. The van der Waals surface area contributed by atoms with E-state index in [2.05, 4.69) is 22.3 Å². The maximum absolute atomic E-state index is 5.93. The minimum atomic E-state index is 0.533. The van der Waals surface area contributed by atoms with Crippen LogP contribution in [0.1, 0.15) is 36.2 Å². The van der Waals surface area contributed by atoms with E-state index in [1.54, 1.807) is 7.11 Å². The Morgan fingerprint density at radius 1 is 1.48 bits per heavy atom. The van der Waals surface area contributed by atoms with Gasteiger partial charge in [-0.25, -0.2) is 4.99 Å². The lowest BCUT2D eigenvalue weighted by Gasteiger charge is -2.25. The van der Waals surface area contributed by atoms with Gasteiger partial charge >= 0.3 is 0 Å². The lowest BCUT2D eigenvalue weighted by molar-refractivity contribution is 0.182. The van der Waals surface area contributed by atoms with Crippen LogP contribution in [0.3, 0.4) is 0 Å². The molecule has 0 radical (unpaired) electrons. The number of nitrogens with one attached hydrogen (secondary N) is 1. The monoisotopic (exact) mass is 293 g/mol. The molecular formula is C15H27N5O. The van der Waals surface area contributed by atoms with E-state index in [1.807, 2.05) is 11.6 Å². The van der Waals surface area contributed by atoms with Crippen LogP contribution in [0, 0.1) is 19.8 Å². The first-order valence-electron chi connectivity index (χ1n) is 7.67. The normalized spacial score (nSPS) is 16.0. The second-order valence-electron chi connectivity index (χ2n) is 5.74. The van der Waals surface area contributed by atoms with Gasteiger partial charge in [-0.3, -0.25) is 4.68 Å². The number of hydrogen-bond donors (Lipinski definition) is 2. The van der Waals surface area contributed by atoms with Gasteiger partial charge in [-0.1, -0.05) is 6.42 Å². The summed E-state index contributed by atoms with van der Waals surface area (Å²) in [6.45, 7) is 7.03. The highest BCUT2D eigenvalue weighted by Crippen LogP contribution is 2.25. The third kappa shape index (κ3) is 4.20. The number of ether oxygens (including phenoxy) is 1. The number of nitrogens with zero attached hydrogens (tertiary/aromatic N) is 3. The van der Waals surface area contributed by atoms with Crippen molar-refractivity contribution in [3.05, 3.63) is 17.0 Å². The quantitative estimate of drug-likeness (QED) is 0.587. The Kier molecular flexibility index (Phi) is 5.61. The third-order valence-electron chi connectivity index (χ3n) is 4.24.